The number of aryl methyl sites for hydroxylation is 1. The van der Waals surface area contributed by atoms with Crippen LogP contribution in [-0.2, 0) is 21.3 Å². The van der Waals surface area contributed by atoms with Crippen molar-refractivity contribution < 1.29 is 13.2 Å². The summed E-state index contributed by atoms with van der Waals surface area (Å²) in [7, 11) is -1.56. The van der Waals surface area contributed by atoms with E-state index in [1.165, 1.54) is 11.3 Å². The van der Waals surface area contributed by atoms with Crippen LogP contribution in [0.3, 0.4) is 0 Å². The lowest BCUT2D eigenvalue weighted by Crippen LogP contribution is -2.48. The summed E-state index contributed by atoms with van der Waals surface area (Å²) in [5.74, 6) is 0. The number of hydrogen-bond acceptors (Lipinski definition) is 5. The van der Waals surface area contributed by atoms with Crippen LogP contribution >= 0.6 is 11.3 Å². The Labute approximate surface area is 125 Å². The Bertz CT molecular complexity index is 558. The second-order valence-electron chi connectivity index (χ2n) is 5.24. The first kappa shape index (κ1) is 15.9. The fourth-order valence-corrected chi connectivity index (χ4v) is 5.71. The van der Waals surface area contributed by atoms with E-state index in [0.29, 0.717) is 24.5 Å². The van der Waals surface area contributed by atoms with Crippen LogP contribution in [-0.4, -0.2) is 45.1 Å². The zero-order valence-corrected chi connectivity index (χ0v) is 14.0. The summed E-state index contributed by atoms with van der Waals surface area (Å²) in [5, 5.41) is 3.05. The highest BCUT2D eigenvalue weighted by atomic mass is 32.2. The normalized spacial score (nSPS) is 25.0. The quantitative estimate of drug-likeness (QED) is 0.915. The fraction of sp³-hybridized carbons (Fsp3) is 0.692. The number of nitrogens with one attached hydrogen (secondary N) is 1. The second-order valence-corrected chi connectivity index (χ2v) is 8.49. The summed E-state index contributed by atoms with van der Waals surface area (Å²) < 4.78 is 32.7. The average Bonchev–Trinajstić information content (AvgIpc) is 2.70. The molecule has 2 heterocycles. The molecule has 1 aromatic rings. The largest absolute Gasteiger partial charge is 0.373 e. The molecule has 1 N–H and O–H groups in total. The molecule has 5 nitrogen and oxygen atoms in total. The third-order valence-electron chi connectivity index (χ3n) is 3.28. The van der Waals surface area contributed by atoms with E-state index in [4.69, 9.17) is 4.74 Å². The van der Waals surface area contributed by atoms with E-state index < -0.39 is 10.0 Å². The summed E-state index contributed by atoms with van der Waals surface area (Å²) in [4.78, 5) is 2.33. The van der Waals surface area contributed by atoms with Crippen LogP contribution in [0.5, 0.6) is 0 Å². The molecule has 0 amide bonds. The summed E-state index contributed by atoms with van der Waals surface area (Å²) in [6.07, 6.45) is -0.131. The van der Waals surface area contributed by atoms with E-state index in [1.54, 1.807) is 10.4 Å². The number of nitrogens with zero attached hydrogens (tertiary/aromatic N) is 1. The van der Waals surface area contributed by atoms with Crippen LogP contribution in [0.25, 0.3) is 0 Å². The molecule has 0 bridgehead atoms. The highest BCUT2D eigenvalue weighted by molar-refractivity contribution is 7.89. The molecule has 0 aromatic carbocycles. The Kier molecular flexibility index (Phi) is 4.86. The molecule has 1 aliphatic heterocycles. The Hall–Kier alpha value is -0.470. The third kappa shape index (κ3) is 3.23. The molecule has 2 rings (SSSR count). The van der Waals surface area contributed by atoms with Crippen molar-refractivity contribution in [2.75, 3.05) is 20.1 Å². The third-order valence-corrected chi connectivity index (χ3v) is 6.42. The number of hydrogen-bond donors (Lipinski definition) is 1. The van der Waals surface area contributed by atoms with Gasteiger partial charge in [-0.2, -0.15) is 4.31 Å². The molecule has 2 unspecified atom stereocenters. The maximum atomic E-state index is 12.8. The number of morpholine rings is 1. The Morgan fingerprint density at radius 1 is 1.40 bits per heavy atom. The van der Waals surface area contributed by atoms with Crippen molar-refractivity contribution in [3.05, 3.63) is 15.8 Å². The highest BCUT2D eigenvalue weighted by Gasteiger charge is 2.33. The lowest BCUT2D eigenvalue weighted by Gasteiger charge is -2.34. The number of rotatable bonds is 4. The molecule has 114 valence electrons. The van der Waals surface area contributed by atoms with Crippen molar-refractivity contribution >= 4 is 21.4 Å². The molecular weight excluding hydrogens is 296 g/mol. The van der Waals surface area contributed by atoms with Crippen LogP contribution in [0.1, 0.15) is 23.6 Å². The lowest BCUT2D eigenvalue weighted by molar-refractivity contribution is -0.0440. The van der Waals surface area contributed by atoms with E-state index in [-0.39, 0.29) is 12.2 Å². The standard InChI is InChI=1S/C13H22N2O3S2/c1-9-7-15(8-10(2)18-9)20(16,17)13-5-12(6-14-4)19-11(13)3/h5,9-10,14H,6-8H2,1-4H3. The molecule has 1 aromatic heterocycles. The predicted octanol–water partition coefficient (Wildman–Crippen LogP) is 1.57. The SMILES string of the molecule is CNCc1cc(S(=O)(=O)N2CC(C)OC(C)C2)c(C)s1. The monoisotopic (exact) mass is 318 g/mol. The van der Waals surface area contributed by atoms with Gasteiger partial charge in [0.05, 0.1) is 17.1 Å². The minimum absolute atomic E-state index is 0.0655. The maximum Gasteiger partial charge on any atom is 0.244 e. The zero-order valence-electron chi connectivity index (χ0n) is 12.3. The molecule has 1 saturated heterocycles. The van der Waals surface area contributed by atoms with Crippen molar-refractivity contribution in [2.45, 2.75) is 44.4 Å². The maximum absolute atomic E-state index is 12.8. The predicted molar refractivity (Wildman–Crippen MR) is 80.6 cm³/mol. The first-order valence-electron chi connectivity index (χ1n) is 6.74. The van der Waals surface area contributed by atoms with Crippen LogP contribution in [0, 0.1) is 6.92 Å². The van der Waals surface area contributed by atoms with Gasteiger partial charge in [0.15, 0.2) is 0 Å². The van der Waals surface area contributed by atoms with Crippen LogP contribution < -0.4 is 5.32 Å². The number of sulfonamides is 1. The molecule has 0 radical (unpaired) electrons. The van der Waals surface area contributed by atoms with Gasteiger partial charge in [-0.1, -0.05) is 0 Å². The molecule has 1 aliphatic rings. The Morgan fingerprint density at radius 2 is 2.00 bits per heavy atom. The van der Waals surface area contributed by atoms with E-state index in [1.807, 2.05) is 27.8 Å². The zero-order chi connectivity index (χ0) is 14.9. The van der Waals surface area contributed by atoms with Gasteiger partial charge < -0.3 is 10.1 Å². The first-order valence-corrected chi connectivity index (χ1v) is 8.99. The molecular formula is C13H22N2O3S2. The number of ether oxygens (including phenoxy) is 1. The van der Waals surface area contributed by atoms with E-state index >= 15 is 0 Å². The minimum atomic E-state index is -3.42. The van der Waals surface area contributed by atoms with Crippen molar-refractivity contribution in [3.63, 3.8) is 0 Å². The van der Waals surface area contributed by atoms with Crippen LogP contribution in [0.4, 0.5) is 0 Å². The molecule has 2 atom stereocenters. The summed E-state index contributed by atoms with van der Waals surface area (Å²) >= 11 is 1.53. The van der Waals surface area contributed by atoms with E-state index in [0.717, 1.165) is 9.75 Å². The smallest absolute Gasteiger partial charge is 0.244 e. The first-order chi connectivity index (χ1) is 9.34. The van der Waals surface area contributed by atoms with Crippen LogP contribution in [0.2, 0.25) is 0 Å². The molecule has 7 heteroatoms. The molecule has 1 fully saturated rings. The molecule has 0 saturated carbocycles. The van der Waals surface area contributed by atoms with Crippen molar-refractivity contribution in [1.82, 2.24) is 9.62 Å². The van der Waals surface area contributed by atoms with Gasteiger partial charge in [0.2, 0.25) is 10.0 Å². The molecule has 20 heavy (non-hydrogen) atoms. The van der Waals surface area contributed by atoms with Crippen molar-refractivity contribution in [2.24, 2.45) is 0 Å². The van der Waals surface area contributed by atoms with E-state index in [2.05, 4.69) is 5.32 Å². The Morgan fingerprint density at radius 3 is 2.55 bits per heavy atom. The van der Waals surface area contributed by atoms with Gasteiger partial charge >= 0.3 is 0 Å². The highest BCUT2D eigenvalue weighted by Crippen LogP contribution is 2.29. The topological polar surface area (TPSA) is 58.6 Å². The summed E-state index contributed by atoms with van der Waals surface area (Å²) in [6.45, 7) is 7.21. The average molecular weight is 318 g/mol. The minimum Gasteiger partial charge on any atom is -0.373 e. The van der Waals surface area contributed by atoms with Gasteiger partial charge in [0, 0.05) is 29.4 Å². The van der Waals surface area contributed by atoms with Gasteiger partial charge in [-0.15, -0.1) is 11.3 Å². The second kappa shape index (κ2) is 6.11. The van der Waals surface area contributed by atoms with Crippen LogP contribution in [0.15, 0.2) is 11.0 Å². The Balaban J connectivity index is 2.30. The summed E-state index contributed by atoms with van der Waals surface area (Å²) in [5.41, 5.74) is 0. The van der Waals surface area contributed by atoms with Crippen molar-refractivity contribution in [1.29, 1.82) is 0 Å². The van der Waals surface area contributed by atoms with Crippen molar-refractivity contribution in [3.8, 4) is 0 Å². The van der Waals surface area contributed by atoms with Gasteiger partial charge in [-0.3, -0.25) is 0 Å². The van der Waals surface area contributed by atoms with Gasteiger partial charge in [0.1, 0.15) is 0 Å². The number of thiophene rings is 1. The molecule has 0 spiro atoms. The van der Waals surface area contributed by atoms with Gasteiger partial charge in [-0.05, 0) is 33.9 Å². The van der Waals surface area contributed by atoms with E-state index in [9.17, 15) is 8.42 Å². The molecule has 0 aliphatic carbocycles. The lowest BCUT2D eigenvalue weighted by atomic mass is 10.3. The van der Waals surface area contributed by atoms with Gasteiger partial charge in [0.25, 0.3) is 0 Å². The summed E-state index contributed by atoms with van der Waals surface area (Å²) in [6, 6.07) is 1.79. The fourth-order valence-electron chi connectivity index (χ4n) is 2.51. The van der Waals surface area contributed by atoms with Gasteiger partial charge in [-0.25, -0.2) is 8.42 Å².